The highest BCUT2D eigenvalue weighted by Crippen LogP contribution is 2.14. The highest BCUT2D eigenvalue weighted by atomic mass is 16.5. The van der Waals surface area contributed by atoms with E-state index in [1.165, 1.54) is 5.56 Å². The molecule has 0 aromatic heterocycles. The van der Waals surface area contributed by atoms with Gasteiger partial charge in [0, 0.05) is 12.2 Å². The number of rotatable bonds is 6. The molecule has 116 valence electrons. The Labute approximate surface area is 131 Å². The average Bonchev–Trinajstić information content (AvgIpc) is 2.47. The lowest BCUT2D eigenvalue weighted by Gasteiger charge is -2.11. The van der Waals surface area contributed by atoms with Crippen LogP contribution in [-0.2, 0) is 17.8 Å². The second-order valence-corrected chi connectivity index (χ2v) is 5.51. The normalized spacial score (nSPS) is 10.5. The smallest absolute Gasteiger partial charge is 0.228 e. The van der Waals surface area contributed by atoms with Crippen LogP contribution in [0.2, 0.25) is 0 Å². The van der Waals surface area contributed by atoms with Gasteiger partial charge >= 0.3 is 0 Å². The van der Waals surface area contributed by atoms with Crippen LogP contribution >= 0.6 is 0 Å². The van der Waals surface area contributed by atoms with Crippen molar-refractivity contribution >= 4 is 11.6 Å². The van der Waals surface area contributed by atoms with Crippen molar-refractivity contribution in [1.29, 1.82) is 0 Å². The summed E-state index contributed by atoms with van der Waals surface area (Å²) >= 11 is 0. The largest absolute Gasteiger partial charge is 0.497 e. The van der Waals surface area contributed by atoms with Gasteiger partial charge in [-0.3, -0.25) is 4.79 Å². The third kappa shape index (κ3) is 4.90. The minimum absolute atomic E-state index is 0.0211. The van der Waals surface area contributed by atoms with E-state index in [2.05, 4.69) is 16.3 Å². The van der Waals surface area contributed by atoms with Crippen LogP contribution in [0.1, 0.15) is 11.1 Å². The lowest BCUT2D eigenvalue weighted by atomic mass is 10.1. The molecule has 0 bridgehead atoms. The second-order valence-electron chi connectivity index (χ2n) is 5.51. The van der Waals surface area contributed by atoms with E-state index in [0.29, 0.717) is 6.42 Å². The van der Waals surface area contributed by atoms with Crippen LogP contribution in [0, 0.1) is 0 Å². The highest BCUT2D eigenvalue weighted by Gasteiger charge is 2.05. The summed E-state index contributed by atoms with van der Waals surface area (Å²) in [6, 6.07) is 15.5. The monoisotopic (exact) mass is 298 g/mol. The Kier molecular flexibility index (Phi) is 5.55. The number of hydrogen-bond donors (Lipinski definition) is 1. The summed E-state index contributed by atoms with van der Waals surface area (Å²) in [7, 11) is 5.67. The van der Waals surface area contributed by atoms with Crippen molar-refractivity contribution in [3.63, 3.8) is 0 Å². The van der Waals surface area contributed by atoms with E-state index in [0.717, 1.165) is 23.5 Å². The van der Waals surface area contributed by atoms with Gasteiger partial charge in [-0.2, -0.15) is 0 Å². The maximum atomic E-state index is 12.1. The Hall–Kier alpha value is -2.33. The number of ether oxygens (including phenoxy) is 1. The summed E-state index contributed by atoms with van der Waals surface area (Å²) in [5.41, 5.74) is 2.97. The first kappa shape index (κ1) is 16.0. The summed E-state index contributed by atoms with van der Waals surface area (Å²) in [6.45, 7) is 0.849. The number of nitrogens with one attached hydrogen (secondary N) is 1. The highest BCUT2D eigenvalue weighted by molar-refractivity contribution is 5.92. The summed E-state index contributed by atoms with van der Waals surface area (Å²) in [5.74, 6) is 0.771. The van der Waals surface area contributed by atoms with Gasteiger partial charge in [0.1, 0.15) is 5.75 Å². The molecule has 0 saturated carbocycles. The number of carbonyl (C=O) groups is 1. The van der Waals surface area contributed by atoms with Crippen LogP contribution in [0.3, 0.4) is 0 Å². The number of carbonyl (C=O) groups excluding carboxylic acids is 1. The number of benzene rings is 2. The molecule has 0 atom stereocenters. The van der Waals surface area contributed by atoms with E-state index in [9.17, 15) is 4.79 Å². The van der Waals surface area contributed by atoms with E-state index in [1.54, 1.807) is 7.11 Å². The van der Waals surface area contributed by atoms with Crippen molar-refractivity contribution in [2.24, 2.45) is 0 Å². The van der Waals surface area contributed by atoms with Crippen LogP contribution in [0.4, 0.5) is 5.69 Å². The fraction of sp³-hybridized carbons (Fsp3) is 0.278. The standard InChI is InChI=1S/C18H22N2O2/c1-20(2)13-15-5-4-6-16(11-15)19-18(21)12-14-7-9-17(22-3)10-8-14/h4-11H,12-13H2,1-3H3,(H,19,21). The summed E-state index contributed by atoms with van der Waals surface area (Å²) < 4.78 is 5.11. The van der Waals surface area contributed by atoms with Gasteiger partial charge in [-0.1, -0.05) is 24.3 Å². The molecule has 0 fully saturated rings. The van der Waals surface area contributed by atoms with Gasteiger partial charge in [-0.15, -0.1) is 0 Å². The van der Waals surface area contributed by atoms with Crippen LogP contribution < -0.4 is 10.1 Å². The fourth-order valence-corrected chi connectivity index (χ4v) is 2.25. The number of anilines is 1. The first-order chi connectivity index (χ1) is 10.6. The zero-order valence-corrected chi connectivity index (χ0v) is 13.3. The van der Waals surface area contributed by atoms with Gasteiger partial charge in [0.15, 0.2) is 0 Å². The minimum Gasteiger partial charge on any atom is -0.497 e. The molecule has 0 heterocycles. The van der Waals surface area contributed by atoms with Gasteiger partial charge < -0.3 is 15.0 Å². The minimum atomic E-state index is -0.0211. The number of nitrogens with zero attached hydrogens (tertiary/aromatic N) is 1. The van der Waals surface area contributed by atoms with E-state index < -0.39 is 0 Å². The molecule has 4 heteroatoms. The van der Waals surface area contributed by atoms with Crippen molar-refractivity contribution in [2.75, 3.05) is 26.5 Å². The molecular weight excluding hydrogens is 276 g/mol. The molecule has 4 nitrogen and oxygen atoms in total. The third-order valence-corrected chi connectivity index (χ3v) is 3.23. The SMILES string of the molecule is COc1ccc(CC(=O)Nc2cccc(CN(C)C)c2)cc1. The van der Waals surface area contributed by atoms with Crippen LogP contribution in [0.5, 0.6) is 5.75 Å². The fourth-order valence-electron chi connectivity index (χ4n) is 2.25. The molecule has 1 amide bonds. The van der Waals surface area contributed by atoms with Crippen molar-refractivity contribution in [3.8, 4) is 5.75 Å². The van der Waals surface area contributed by atoms with Crippen LogP contribution in [-0.4, -0.2) is 32.0 Å². The maximum absolute atomic E-state index is 12.1. The Morgan fingerprint density at radius 1 is 1.09 bits per heavy atom. The van der Waals surface area contributed by atoms with Crippen molar-refractivity contribution < 1.29 is 9.53 Å². The van der Waals surface area contributed by atoms with Crippen molar-refractivity contribution in [2.45, 2.75) is 13.0 Å². The first-order valence-electron chi connectivity index (χ1n) is 7.23. The van der Waals surface area contributed by atoms with Gasteiger partial charge in [0.2, 0.25) is 5.91 Å². The topological polar surface area (TPSA) is 41.6 Å². The Morgan fingerprint density at radius 2 is 1.82 bits per heavy atom. The molecule has 0 radical (unpaired) electrons. The molecule has 2 rings (SSSR count). The molecule has 1 N–H and O–H groups in total. The lowest BCUT2D eigenvalue weighted by molar-refractivity contribution is -0.115. The van der Waals surface area contributed by atoms with E-state index in [1.807, 2.05) is 56.6 Å². The molecule has 0 aliphatic rings. The Balaban J connectivity index is 1.96. The van der Waals surface area contributed by atoms with Crippen molar-refractivity contribution in [3.05, 3.63) is 59.7 Å². The molecule has 0 unspecified atom stereocenters. The van der Waals surface area contributed by atoms with E-state index in [4.69, 9.17) is 4.74 Å². The number of amides is 1. The Bertz CT molecular complexity index is 621. The predicted octanol–water partition coefficient (Wildman–Crippen LogP) is 2.94. The zero-order valence-electron chi connectivity index (χ0n) is 13.3. The maximum Gasteiger partial charge on any atom is 0.228 e. The summed E-state index contributed by atoms with van der Waals surface area (Å²) in [4.78, 5) is 14.2. The second kappa shape index (κ2) is 7.61. The zero-order chi connectivity index (χ0) is 15.9. The van der Waals surface area contributed by atoms with E-state index >= 15 is 0 Å². The molecular formula is C18H22N2O2. The average molecular weight is 298 g/mol. The quantitative estimate of drug-likeness (QED) is 0.891. The van der Waals surface area contributed by atoms with Gasteiger partial charge in [0.05, 0.1) is 13.5 Å². The van der Waals surface area contributed by atoms with Crippen LogP contribution in [0.15, 0.2) is 48.5 Å². The van der Waals surface area contributed by atoms with Gasteiger partial charge in [-0.25, -0.2) is 0 Å². The third-order valence-electron chi connectivity index (χ3n) is 3.23. The summed E-state index contributed by atoms with van der Waals surface area (Å²) in [5, 5.41) is 2.94. The molecule has 0 saturated heterocycles. The molecule has 0 aliphatic heterocycles. The lowest BCUT2D eigenvalue weighted by Crippen LogP contribution is -2.15. The molecule has 2 aromatic carbocycles. The van der Waals surface area contributed by atoms with Crippen LogP contribution in [0.25, 0.3) is 0 Å². The molecule has 0 spiro atoms. The number of methoxy groups -OCH3 is 1. The first-order valence-corrected chi connectivity index (χ1v) is 7.23. The molecule has 2 aromatic rings. The van der Waals surface area contributed by atoms with Crippen molar-refractivity contribution in [1.82, 2.24) is 4.90 Å². The van der Waals surface area contributed by atoms with Gasteiger partial charge in [-0.05, 0) is 49.5 Å². The number of hydrogen-bond acceptors (Lipinski definition) is 3. The van der Waals surface area contributed by atoms with Gasteiger partial charge in [0.25, 0.3) is 0 Å². The molecule has 0 aliphatic carbocycles. The predicted molar refractivity (Wildman–Crippen MR) is 89.2 cm³/mol. The summed E-state index contributed by atoms with van der Waals surface area (Å²) in [6.07, 6.45) is 0.349. The Morgan fingerprint density at radius 3 is 2.45 bits per heavy atom. The molecule has 22 heavy (non-hydrogen) atoms. The van der Waals surface area contributed by atoms with E-state index in [-0.39, 0.29) is 5.91 Å².